The molecule has 3 rings (SSSR count). The Morgan fingerprint density at radius 2 is 1.71 bits per heavy atom. The summed E-state index contributed by atoms with van der Waals surface area (Å²) in [6, 6.07) is 13.9. The molecule has 0 amide bonds. The highest BCUT2D eigenvalue weighted by Crippen LogP contribution is 2.29. The molecule has 110 valence electrons. The van der Waals surface area contributed by atoms with E-state index in [9.17, 15) is 4.39 Å². The third-order valence-electron chi connectivity index (χ3n) is 4.32. The molecule has 3 heteroatoms. The first-order chi connectivity index (χ1) is 10.1. The van der Waals surface area contributed by atoms with E-state index in [1.165, 1.54) is 37.6 Å². The van der Waals surface area contributed by atoms with Gasteiger partial charge < -0.3 is 0 Å². The molecule has 1 saturated heterocycles. The molecule has 1 fully saturated rings. The van der Waals surface area contributed by atoms with Crippen LogP contribution in [0.4, 0.5) is 4.39 Å². The van der Waals surface area contributed by atoms with Gasteiger partial charge in [-0.15, -0.1) is 0 Å². The zero-order chi connectivity index (χ0) is 14.8. The highest BCUT2D eigenvalue weighted by molar-refractivity contribution is 9.10. The summed E-state index contributed by atoms with van der Waals surface area (Å²) in [5.41, 5.74) is 2.88. The van der Waals surface area contributed by atoms with Crippen molar-refractivity contribution in [3.8, 4) is 11.1 Å². The quantitative estimate of drug-likeness (QED) is 0.717. The van der Waals surface area contributed by atoms with Crippen molar-refractivity contribution in [1.82, 2.24) is 4.90 Å². The molecule has 0 aromatic heterocycles. The van der Waals surface area contributed by atoms with E-state index in [-0.39, 0.29) is 5.82 Å². The monoisotopic (exact) mass is 347 g/mol. The second-order valence-electron chi connectivity index (χ2n) is 5.67. The molecule has 1 heterocycles. The average Bonchev–Trinajstić information content (AvgIpc) is 3.01. The SMILES string of the molecule is CC(c1ccc(-c2ccc(Br)cc2F)cc1)N1CCCC1. The summed E-state index contributed by atoms with van der Waals surface area (Å²) in [5, 5.41) is 0. The van der Waals surface area contributed by atoms with Crippen molar-refractivity contribution in [3.63, 3.8) is 0 Å². The number of nitrogens with zero attached hydrogens (tertiary/aromatic N) is 1. The van der Waals surface area contributed by atoms with Gasteiger partial charge in [0.2, 0.25) is 0 Å². The molecule has 1 nitrogen and oxygen atoms in total. The van der Waals surface area contributed by atoms with Gasteiger partial charge in [-0.2, -0.15) is 0 Å². The Bertz CT molecular complexity index is 618. The number of rotatable bonds is 3. The maximum Gasteiger partial charge on any atom is 0.132 e. The Kier molecular flexibility index (Phi) is 4.41. The van der Waals surface area contributed by atoms with Crippen LogP contribution in [0, 0.1) is 5.82 Å². The smallest absolute Gasteiger partial charge is 0.132 e. The molecule has 21 heavy (non-hydrogen) atoms. The van der Waals surface area contributed by atoms with Gasteiger partial charge >= 0.3 is 0 Å². The van der Waals surface area contributed by atoms with E-state index in [2.05, 4.69) is 39.9 Å². The minimum absolute atomic E-state index is 0.190. The lowest BCUT2D eigenvalue weighted by Gasteiger charge is -2.24. The van der Waals surface area contributed by atoms with Gasteiger partial charge in [-0.05, 0) is 56.1 Å². The van der Waals surface area contributed by atoms with Crippen LogP contribution in [0.3, 0.4) is 0 Å². The lowest BCUT2D eigenvalue weighted by atomic mass is 10.0. The van der Waals surface area contributed by atoms with E-state index < -0.39 is 0 Å². The number of likely N-dealkylation sites (tertiary alicyclic amines) is 1. The molecule has 1 aliphatic heterocycles. The van der Waals surface area contributed by atoms with Gasteiger partial charge in [-0.3, -0.25) is 4.90 Å². The number of hydrogen-bond acceptors (Lipinski definition) is 1. The summed E-state index contributed by atoms with van der Waals surface area (Å²) in [6.07, 6.45) is 2.60. The van der Waals surface area contributed by atoms with Crippen LogP contribution in [0.15, 0.2) is 46.9 Å². The summed E-state index contributed by atoms with van der Waals surface area (Å²) in [5.74, 6) is -0.190. The van der Waals surface area contributed by atoms with Crippen LogP contribution in [-0.2, 0) is 0 Å². The summed E-state index contributed by atoms with van der Waals surface area (Å²) in [7, 11) is 0. The van der Waals surface area contributed by atoms with Crippen molar-refractivity contribution < 1.29 is 4.39 Å². The molecule has 0 saturated carbocycles. The number of hydrogen-bond donors (Lipinski definition) is 0. The molecular weight excluding hydrogens is 329 g/mol. The van der Waals surface area contributed by atoms with Crippen molar-refractivity contribution in [2.45, 2.75) is 25.8 Å². The van der Waals surface area contributed by atoms with Crippen LogP contribution in [0.2, 0.25) is 0 Å². The molecule has 0 N–H and O–H groups in total. The molecule has 1 unspecified atom stereocenters. The van der Waals surface area contributed by atoms with Crippen LogP contribution in [0.5, 0.6) is 0 Å². The van der Waals surface area contributed by atoms with E-state index in [1.54, 1.807) is 0 Å². The van der Waals surface area contributed by atoms with Gasteiger partial charge in [0, 0.05) is 16.1 Å². The molecule has 2 aromatic carbocycles. The Balaban J connectivity index is 1.83. The normalized spacial score (nSPS) is 17.1. The van der Waals surface area contributed by atoms with Crippen LogP contribution >= 0.6 is 15.9 Å². The summed E-state index contributed by atoms with van der Waals surface area (Å²) in [4.78, 5) is 2.51. The summed E-state index contributed by atoms with van der Waals surface area (Å²) in [6.45, 7) is 4.62. The molecular formula is C18H19BrFN. The van der Waals surface area contributed by atoms with Gasteiger partial charge in [0.25, 0.3) is 0 Å². The zero-order valence-corrected chi connectivity index (χ0v) is 13.7. The third kappa shape index (κ3) is 3.19. The van der Waals surface area contributed by atoms with Crippen molar-refractivity contribution in [1.29, 1.82) is 0 Å². The van der Waals surface area contributed by atoms with Crippen LogP contribution in [0.1, 0.15) is 31.4 Å². The fraction of sp³-hybridized carbons (Fsp3) is 0.333. The Labute approximate surface area is 133 Å². The molecule has 0 bridgehead atoms. The van der Waals surface area contributed by atoms with Crippen LogP contribution in [-0.4, -0.2) is 18.0 Å². The van der Waals surface area contributed by atoms with Crippen LogP contribution in [0.25, 0.3) is 11.1 Å². The van der Waals surface area contributed by atoms with E-state index in [1.807, 2.05) is 24.3 Å². The first kappa shape index (κ1) is 14.7. The minimum atomic E-state index is -0.190. The summed E-state index contributed by atoms with van der Waals surface area (Å²) < 4.78 is 14.8. The van der Waals surface area contributed by atoms with E-state index in [4.69, 9.17) is 0 Å². The van der Waals surface area contributed by atoms with Crippen molar-refractivity contribution >= 4 is 15.9 Å². The topological polar surface area (TPSA) is 3.24 Å². The molecule has 1 aliphatic rings. The predicted molar refractivity (Wildman–Crippen MR) is 88.8 cm³/mol. The van der Waals surface area contributed by atoms with Gasteiger partial charge in [-0.1, -0.05) is 46.3 Å². The Morgan fingerprint density at radius 3 is 2.33 bits per heavy atom. The van der Waals surface area contributed by atoms with Gasteiger partial charge in [-0.25, -0.2) is 4.39 Å². The molecule has 0 aliphatic carbocycles. The second-order valence-corrected chi connectivity index (χ2v) is 6.58. The zero-order valence-electron chi connectivity index (χ0n) is 12.2. The third-order valence-corrected chi connectivity index (χ3v) is 4.82. The largest absolute Gasteiger partial charge is 0.297 e. The van der Waals surface area contributed by atoms with E-state index in [0.29, 0.717) is 11.6 Å². The number of halogens is 2. The molecule has 2 aromatic rings. The maximum absolute atomic E-state index is 14.0. The average molecular weight is 348 g/mol. The Morgan fingerprint density at radius 1 is 1.05 bits per heavy atom. The van der Waals surface area contributed by atoms with Gasteiger partial charge in [0.05, 0.1) is 0 Å². The maximum atomic E-state index is 14.0. The van der Waals surface area contributed by atoms with Gasteiger partial charge in [0.1, 0.15) is 5.82 Å². The van der Waals surface area contributed by atoms with Gasteiger partial charge in [0.15, 0.2) is 0 Å². The molecule has 0 radical (unpaired) electrons. The first-order valence-electron chi connectivity index (χ1n) is 7.44. The van der Waals surface area contributed by atoms with Crippen molar-refractivity contribution in [3.05, 3.63) is 58.3 Å². The molecule has 1 atom stereocenters. The summed E-state index contributed by atoms with van der Waals surface area (Å²) >= 11 is 3.29. The van der Waals surface area contributed by atoms with Crippen molar-refractivity contribution in [2.24, 2.45) is 0 Å². The fourth-order valence-electron chi connectivity index (χ4n) is 3.00. The predicted octanol–water partition coefficient (Wildman–Crippen LogP) is 5.41. The standard InChI is InChI=1S/C18H19BrFN/c1-13(21-10-2-3-11-21)14-4-6-15(7-5-14)17-9-8-16(19)12-18(17)20/h4-9,12-13H,2-3,10-11H2,1H3. The molecule has 0 spiro atoms. The first-order valence-corrected chi connectivity index (χ1v) is 8.24. The Hall–Kier alpha value is -1.19. The van der Waals surface area contributed by atoms with E-state index >= 15 is 0 Å². The van der Waals surface area contributed by atoms with Crippen molar-refractivity contribution in [2.75, 3.05) is 13.1 Å². The number of benzene rings is 2. The highest BCUT2D eigenvalue weighted by atomic mass is 79.9. The minimum Gasteiger partial charge on any atom is -0.297 e. The lowest BCUT2D eigenvalue weighted by Crippen LogP contribution is -2.23. The fourth-order valence-corrected chi connectivity index (χ4v) is 3.34. The second kappa shape index (κ2) is 6.29. The van der Waals surface area contributed by atoms with E-state index in [0.717, 1.165) is 10.0 Å². The lowest BCUT2D eigenvalue weighted by molar-refractivity contribution is 0.263. The highest BCUT2D eigenvalue weighted by Gasteiger charge is 2.19. The van der Waals surface area contributed by atoms with Crippen LogP contribution < -0.4 is 0 Å².